The van der Waals surface area contributed by atoms with Gasteiger partial charge in [-0.3, -0.25) is 9.59 Å². The van der Waals surface area contributed by atoms with Crippen LogP contribution in [0.25, 0.3) is 0 Å². The Morgan fingerprint density at radius 1 is 1.50 bits per heavy atom. The van der Waals surface area contributed by atoms with E-state index in [9.17, 15) is 14.0 Å². The zero-order valence-electron chi connectivity index (χ0n) is 11.3. The second-order valence-electron chi connectivity index (χ2n) is 4.81. The van der Waals surface area contributed by atoms with Crippen LogP contribution in [0.15, 0.2) is 18.2 Å². The number of hydrogen-bond donors (Lipinski definition) is 1. The van der Waals surface area contributed by atoms with Crippen LogP contribution in [-0.4, -0.2) is 28.7 Å². The van der Waals surface area contributed by atoms with Crippen LogP contribution in [0.4, 0.5) is 10.2 Å². The Morgan fingerprint density at radius 3 is 3.05 bits per heavy atom. The molecule has 2 aromatic rings. The lowest BCUT2D eigenvalue weighted by Gasteiger charge is -2.22. The summed E-state index contributed by atoms with van der Waals surface area (Å²) in [6.07, 6.45) is 1.55. The number of nitrogens with one attached hydrogen (secondary N) is 1. The zero-order chi connectivity index (χ0) is 15.7. The van der Waals surface area contributed by atoms with E-state index in [1.165, 1.54) is 17.4 Å². The van der Waals surface area contributed by atoms with Crippen LogP contribution in [0, 0.1) is 5.82 Å². The summed E-state index contributed by atoms with van der Waals surface area (Å²) in [5.41, 5.74) is 0.985. The van der Waals surface area contributed by atoms with Gasteiger partial charge in [0.05, 0.1) is 4.88 Å². The van der Waals surface area contributed by atoms with E-state index in [-0.39, 0.29) is 16.9 Å². The lowest BCUT2D eigenvalue weighted by molar-refractivity contribution is -0.118. The van der Waals surface area contributed by atoms with Gasteiger partial charge in [-0.05, 0) is 30.2 Å². The maximum Gasteiger partial charge on any atom is 0.266 e. The number of carbonyl (C=O) groups is 2. The number of nitrogens with zero attached hydrogens (tertiary/aromatic N) is 2. The molecule has 2 amide bonds. The summed E-state index contributed by atoms with van der Waals surface area (Å²) >= 11 is 6.98. The molecule has 5 nitrogen and oxygen atoms in total. The first-order valence-corrected chi connectivity index (χ1v) is 7.70. The van der Waals surface area contributed by atoms with Crippen molar-refractivity contribution in [2.24, 2.45) is 0 Å². The monoisotopic (exact) mass is 339 g/mol. The fraction of sp³-hybridized carbons (Fsp3) is 0.214. The number of thiophene rings is 1. The van der Waals surface area contributed by atoms with Crippen LogP contribution >= 0.6 is 22.9 Å². The molecular formula is C14H11ClFN3O2S. The number of anilines is 1. The molecule has 0 bridgehead atoms. The first-order chi connectivity index (χ1) is 10.6. The van der Waals surface area contributed by atoms with E-state index >= 15 is 0 Å². The molecule has 0 saturated carbocycles. The maximum atomic E-state index is 13.0. The smallest absolute Gasteiger partial charge is 0.266 e. The van der Waals surface area contributed by atoms with Crippen molar-refractivity contribution < 1.29 is 14.0 Å². The number of carbonyl (C=O) groups excluding carboxylic acids is 2. The van der Waals surface area contributed by atoms with Gasteiger partial charge in [0, 0.05) is 18.0 Å². The minimum atomic E-state index is -0.639. The van der Waals surface area contributed by atoms with Crippen molar-refractivity contribution in [1.82, 2.24) is 9.88 Å². The molecule has 1 aliphatic heterocycles. The van der Waals surface area contributed by atoms with Crippen LogP contribution in [0.5, 0.6) is 0 Å². The largest absolute Gasteiger partial charge is 0.341 e. The number of pyridine rings is 1. The molecule has 0 saturated heterocycles. The van der Waals surface area contributed by atoms with Crippen LogP contribution in [0.2, 0.25) is 5.15 Å². The molecule has 3 rings (SSSR count). The summed E-state index contributed by atoms with van der Waals surface area (Å²) in [6, 6.07) is 4.27. The molecule has 3 heterocycles. The number of halogens is 2. The molecule has 2 aromatic heterocycles. The van der Waals surface area contributed by atoms with Gasteiger partial charge in [0.2, 0.25) is 6.41 Å². The van der Waals surface area contributed by atoms with E-state index in [0.29, 0.717) is 18.0 Å². The van der Waals surface area contributed by atoms with E-state index < -0.39 is 5.82 Å². The molecule has 0 unspecified atom stereocenters. The van der Waals surface area contributed by atoms with E-state index in [1.807, 2.05) is 0 Å². The predicted molar refractivity (Wildman–Crippen MR) is 81.7 cm³/mol. The van der Waals surface area contributed by atoms with Gasteiger partial charge < -0.3 is 10.2 Å². The Kier molecular flexibility index (Phi) is 4.08. The topological polar surface area (TPSA) is 62.3 Å². The van der Waals surface area contributed by atoms with Crippen LogP contribution < -0.4 is 5.32 Å². The average molecular weight is 340 g/mol. The fourth-order valence-corrected chi connectivity index (χ4v) is 3.43. The van der Waals surface area contributed by atoms with Crippen LogP contribution in [0.3, 0.4) is 0 Å². The van der Waals surface area contributed by atoms with Crippen molar-refractivity contribution in [2.75, 3.05) is 11.9 Å². The Hall–Kier alpha value is -1.99. The number of amides is 2. The minimum Gasteiger partial charge on any atom is -0.341 e. The normalized spacial score (nSPS) is 13.6. The SMILES string of the molecule is O=CN1CCc2sc(C(=O)Nc3ccc(F)c(Cl)n3)cc2C1. The molecule has 0 aromatic carbocycles. The van der Waals surface area contributed by atoms with E-state index in [1.54, 1.807) is 11.0 Å². The third kappa shape index (κ3) is 2.95. The van der Waals surface area contributed by atoms with Gasteiger partial charge in [-0.15, -0.1) is 11.3 Å². The highest BCUT2D eigenvalue weighted by atomic mass is 35.5. The zero-order valence-corrected chi connectivity index (χ0v) is 12.9. The summed E-state index contributed by atoms with van der Waals surface area (Å²) in [7, 11) is 0. The highest BCUT2D eigenvalue weighted by Crippen LogP contribution is 2.28. The summed E-state index contributed by atoms with van der Waals surface area (Å²) in [4.78, 5) is 30.1. The average Bonchev–Trinajstić information content (AvgIpc) is 2.94. The van der Waals surface area contributed by atoms with E-state index in [4.69, 9.17) is 11.6 Å². The lowest BCUT2D eigenvalue weighted by Crippen LogP contribution is -2.27. The molecule has 8 heteroatoms. The molecule has 1 aliphatic rings. The molecule has 22 heavy (non-hydrogen) atoms. The second kappa shape index (κ2) is 6.02. The standard InChI is InChI=1S/C14H11ClFN3O2S/c15-13-9(16)1-2-12(17-13)18-14(21)11-5-8-6-19(7-20)4-3-10(8)22-11/h1-2,5,7H,3-4,6H2,(H,17,18,21). The first-order valence-electron chi connectivity index (χ1n) is 6.51. The van der Waals surface area contributed by atoms with Gasteiger partial charge in [0.1, 0.15) is 5.82 Å². The Bertz CT molecular complexity index is 750. The van der Waals surface area contributed by atoms with E-state index in [2.05, 4.69) is 10.3 Å². The maximum absolute atomic E-state index is 13.0. The third-order valence-corrected chi connectivity index (χ3v) is 4.81. The van der Waals surface area contributed by atoms with Gasteiger partial charge in [0.15, 0.2) is 11.0 Å². The third-order valence-electron chi connectivity index (χ3n) is 3.31. The summed E-state index contributed by atoms with van der Waals surface area (Å²) in [5.74, 6) is -0.773. The fourth-order valence-electron chi connectivity index (χ4n) is 2.22. The van der Waals surface area contributed by atoms with Gasteiger partial charge in [-0.1, -0.05) is 11.6 Å². The van der Waals surface area contributed by atoms with Crippen molar-refractivity contribution in [3.8, 4) is 0 Å². The van der Waals surface area contributed by atoms with Gasteiger partial charge >= 0.3 is 0 Å². The molecular weight excluding hydrogens is 329 g/mol. The Labute approximate surface area is 134 Å². The molecule has 0 fully saturated rings. The Balaban J connectivity index is 1.77. The van der Waals surface area contributed by atoms with Crippen molar-refractivity contribution in [3.05, 3.63) is 44.5 Å². The molecule has 0 radical (unpaired) electrons. The molecule has 0 aliphatic carbocycles. The van der Waals surface area contributed by atoms with Crippen molar-refractivity contribution in [1.29, 1.82) is 0 Å². The number of aromatic nitrogens is 1. The predicted octanol–water partition coefficient (Wildman–Crippen LogP) is 2.70. The first kappa shape index (κ1) is 14.9. The van der Waals surface area contributed by atoms with Crippen molar-refractivity contribution in [2.45, 2.75) is 13.0 Å². The van der Waals surface area contributed by atoms with Gasteiger partial charge in [-0.2, -0.15) is 0 Å². The highest BCUT2D eigenvalue weighted by molar-refractivity contribution is 7.14. The number of hydrogen-bond acceptors (Lipinski definition) is 4. The number of rotatable bonds is 3. The quantitative estimate of drug-likeness (QED) is 0.691. The van der Waals surface area contributed by atoms with E-state index in [0.717, 1.165) is 29.3 Å². The molecule has 0 atom stereocenters. The second-order valence-corrected chi connectivity index (χ2v) is 6.30. The highest BCUT2D eigenvalue weighted by Gasteiger charge is 2.21. The summed E-state index contributed by atoms with van der Waals surface area (Å²) < 4.78 is 13.0. The summed E-state index contributed by atoms with van der Waals surface area (Å²) in [6.45, 7) is 1.18. The molecule has 114 valence electrons. The van der Waals surface area contributed by atoms with Crippen LogP contribution in [-0.2, 0) is 17.8 Å². The minimum absolute atomic E-state index is 0.192. The Morgan fingerprint density at radius 2 is 2.32 bits per heavy atom. The molecule has 1 N–H and O–H groups in total. The van der Waals surface area contributed by atoms with Gasteiger partial charge in [-0.25, -0.2) is 9.37 Å². The molecule has 0 spiro atoms. The van der Waals surface area contributed by atoms with Crippen LogP contribution in [0.1, 0.15) is 20.1 Å². The number of fused-ring (bicyclic) bond motifs is 1. The summed E-state index contributed by atoms with van der Waals surface area (Å²) in [5, 5.41) is 2.30. The lowest BCUT2D eigenvalue weighted by atomic mass is 10.1. The van der Waals surface area contributed by atoms with Gasteiger partial charge in [0.25, 0.3) is 5.91 Å². The van der Waals surface area contributed by atoms with Crippen molar-refractivity contribution in [3.63, 3.8) is 0 Å². The van der Waals surface area contributed by atoms with Crippen molar-refractivity contribution >= 4 is 41.1 Å².